The van der Waals surface area contributed by atoms with Crippen molar-refractivity contribution in [3.63, 3.8) is 0 Å². The summed E-state index contributed by atoms with van der Waals surface area (Å²) in [6.45, 7) is 7.67. The minimum Gasteiger partial charge on any atom is -0.383 e. The first-order valence-corrected chi connectivity index (χ1v) is 22.2. The van der Waals surface area contributed by atoms with Crippen molar-refractivity contribution in [2.45, 2.75) is 113 Å². The summed E-state index contributed by atoms with van der Waals surface area (Å²) in [5.41, 5.74) is 0.981. The molecule has 0 bridgehead atoms. The first-order valence-electron chi connectivity index (χ1n) is 18.5. The van der Waals surface area contributed by atoms with E-state index in [0.717, 1.165) is 52.6 Å². The van der Waals surface area contributed by atoms with E-state index in [9.17, 15) is 0 Å². The van der Waals surface area contributed by atoms with Crippen LogP contribution in [0.2, 0.25) is 0 Å². The summed E-state index contributed by atoms with van der Waals surface area (Å²) < 4.78 is 32.7. The molecule has 13 heteroatoms. The van der Waals surface area contributed by atoms with E-state index in [1.165, 1.54) is 77.0 Å². The Labute approximate surface area is 315 Å². The summed E-state index contributed by atoms with van der Waals surface area (Å²) in [6, 6.07) is 1.90. The molecule has 0 spiro atoms. The summed E-state index contributed by atoms with van der Waals surface area (Å²) >= 11 is 0. The van der Waals surface area contributed by atoms with Crippen molar-refractivity contribution in [1.29, 1.82) is 0 Å². The average Bonchev–Trinajstić information content (AvgIpc) is 3.93. The van der Waals surface area contributed by atoms with Gasteiger partial charge < -0.3 is 26.4 Å². The molecule has 1 saturated carbocycles. The van der Waals surface area contributed by atoms with Crippen molar-refractivity contribution in [1.82, 2.24) is 18.7 Å². The largest absolute Gasteiger partial charge is 2.00 e. The molecule has 0 aromatic rings. The Balaban J connectivity index is 0.000000255. The van der Waals surface area contributed by atoms with Crippen molar-refractivity contribution in [2.24, 2.45) is 0 Å². The number of hydrogen-bond donors (Lipinski definition) is 0. The Kier molecular flexibility index (Phi) is 19.2. The van der Waals surface area contributed by atoms with Crippen LogP contribution in [0, 0.1) is 13.8 Å². The number of allylic oxidation sites excluding steroid dienone is 4. The summed E-state index contributed by atoms with van der Waals surface area (Å²) in [5.74, 6) is 0. The van der Waals surface area contributed by atoms with Gasteiger partial charge in [0, 0.05) is 54.6 Å². The molecule has 276 valence electrons. The van der Waals surface area contributed by atoms with Crippen LogP contribution < -0.4 is 0 Å². The van der Waals surface area contributed by atoms with Gasteiger partial charge in [-0.05, 0) is 77.0 Å². The van der Waals surface area contributed by atoms with E-state index < -0.39 is 14.9 Å². The fourth-order valence-electron chi connectivity index (χ4n) is 9.50. The zero-order valence-electron chi connectivity index (χ0n) is 31.3. The molecular weight excluding hydrogens is 692 g/mol. The first-order chi connectivity index (χ1) is 22.9. The van der Waals surface area contributed by atoms with Gasteiger partial charge >= 0.3 is 32.2 Å². The second kappa shape index (κ2) is 21.4. The van der Waals surface area contributed by atoms with Crippen LogP contribution in [0.5, 0.6) is 0 Å². The Morgan fingerprint density at radius 2 is 0.939 bits per heavy atom. The summed E-state index contributed by atoms with van der Waals surface area (Å²) in [4.78, 5) is 0. The van der Waals surface area contributed by atoms with E-state index in [-0.39, 0.29) is 30.2 Å². The van der Waals surface area contributed by atoms with Crippen LogP contribution in [-0.2, 0) is 36.0 Å². The molecule has 1 unspecified atom stereocenters. The maximum atomic E-state index is 7.41. The number of rotatable bonds is 14. The Hall–Kier alpha value is 0.539. The summed E-state index contributed by atoms with van der Waals surface area (Å²) in [5, 5.41) is 0. The van der Waals surface area contributed by atoms with Gasteiger partial charge in [0.15, 0.2) is 0 Å². The van der Waals surface area contributed by atoms with Crippen LogP contribution >= 0.6 is 14.9 Å². The van der Waals surface area contributed by atoms with Gasteiger partial charge in [-0.2, -0.15) is 25.1 Å². The Morgan fingerprint density at radius 1 is 0.571 bits per heavy atom. The van der Waals surface area contributed by atoms with Crippen molar-refractivity contribution in [3.05, 3.63) is 38.2 Å². The summed E-state index contributed by atoms with van der Waals surface area (Å²) in [6.07, 6.45) is 26.1. The summed E-state index contributed by atoms with van der Waals surface area (Å²) in [7, 11) is 18.2. The molecule has 4 radical (unpaired) electrons. The molecule has 6 rings (SSSR count). The molecule has 4 aliphatic heterocycles. The SMILES string of the molecule is [B][P+](C1C=CC=C[CH-]1)(N1CCC[C@H]1COC)N1CCC[C@H]1COC.[B][P+](C1CCCC1)(N1CCC[C@H]1COC)N1CCC[C@H]1COC.[CH3-].[Fe+2]. The Morgan fingerprint density at radius 3 is 1.27 bits per heavy atom. The number of nitrogens with zero attached hydrogens (tertiary/aromatic N) is 4. The monoisotopic (exact) mass is 758 g/mol. The molecule has 5 atom stereocenters. The number of ether oxygens (including phenoxy) is 4. The van der Waals surface area contributed by atoms with Crippen LogP contribution in [-0.4, -0.2) is 150 Å². The van der Waals surface area contributed by atoms with Gasteiger partial charge in [0.1, 0.15) is 7.44 Å². The van der Waals surface area contributed by atoms with E-state index in [2.05, 4.69) is 49.4 Å². The molecule has 49 heavy (non-hydrogen) atoms. The standard InChI is InChI=1S/C18H30BN2O2P.C17H33BN2O2P.CH3.Fe/c1-22-14-16-8-6-12-20(16)24(19,18-10-4-3-5-11-18)21-13-7-9-17(21)15-23-2;1-21-13-15-7-5-11-19(15)23(18,17-9-3-4-10-17)20-12-6-8-16(20)14-22-2;;/h3-5,10-11,16-18H,6-9,12-15H2,1-2H3;15-17H,3-14H2,1-2H3;1H3;/q;+1;-1;+2/t16-,17-;15-,16-;;/m00../s1. The van der Waals surface area contributed by atoms with Gasteiger partial charge in [-0.25, -0.2) is 12.2 Å². The van der Waals surface area contributed by atoms with E-state index in [0.29, 0.717) is 29.8 Å². The third kappa shape index (κ3) is 9.81. The van der Waals surface area contributed by atoms with Crippen LogP contribution in [0.3, 0.4) is 0 Å². The Bertz CT molecular complexity index is 968. The molecule has 0 amide bonds. The molecular formula is C36H66B2FeN4O4P2+2. The van der Waals surface area contributed by atoms with Gasteiger partial charge in [-0.15, -0.1) is 6.08 Å². The van der Waals surface area contributed by atoms with Crippen molar-refractivity contribution < 1.29 is 36.0 Å². The zero-order chi connectivity index (χ0) is 33.3. The molecule has 0 N–H and O–H groups in total. The second-order valence-corrected chi connectivity index (χ2v) is 20.6. The first kappa shape index (κ1) is 43.9. The minimum atomic E-state index is -2.00. The maximum absolute atomic E-state index is 7.41. The van der Waals surface area contributed by atoms with Gasteiger partial charge in [0.25, 0.3) is 0 Å². The second-order valence-electron chi connectivity index (χ2n) is 14.4. The molecule has 0 aromatic carbocycles. The third-order valence-electron chi connectivity index (χ3n) is 11.6. The molecule has 4 saturated heterocycles. The normalized spacial score (nSPS) is 30.2. The number of hydrogen-bond acceptors (Lipinski definition) is 8. The van der Waals surface area contributed by atoms with Gasteiger partial charge in [-0.3, -0.25) is 0 Å². The third-order valence-corrected chi connectivity index (χ3v) is 19.8. The van der Waals surface area contributed by atoms with Gasteiger partial charge in [0.2, 0.25) is 0 Å². The van der Waals surface area contributed by atoms with Crippen molar-refractivity contribution in [3.8, 4) is 0 Å². The van der Waals surface area contributed by atoms with Crippen molar-refractivity contribution >= 4 is 30.0 Å². The smallest absolute Gasteiger partial charge is 0.383 e. The molecule has 6 aliphatic rings. The minimum absolute atomic E-state index is 0. The van der Waals surface area contributed by atoms with E-state index >= 15 is 0 Å². The predicted octanol–water partition coefficient (Wildman–Crippen LogP) is 6.37. The maximum Gasteiger partial charge on any atom is 2.00 e. The molecule has 2 aliphatic carbocycles. The zero-order valence-corrected chi connectivity index (χ0v) is 34.2. The van der Waals surface area contributed by atoms with Crippen LogP contribution in [0.4, 0.5) is 0 Å². The van der Waals surface area contributed by atoms with E-state index in [1.807, 2.05) is 14.2 Å². The van der Waals surface area contributed by atoms with E-state index in [4.69, 9.17) is 34.1 Å². The molecule has 4 heterocycles. The van der Waals surface area contributed by atoms with Crippen LogP contribution in [0.1, 0.15) is 77.0 Å². The average molecular weight is 758 g/mol. The van der Waals surface area contributed by atoms with Crippen LogP contribution in [0.25, 0.3) is 0 Å². The van der Waals surface area contributed by atoms with Gasteiger partial charge in [-0.1, -0.05) is 6.08 Å². The fraction of sp³-hybridized carbons (Fsp3) is 0.833. The quantitative estimate of drug-likeness (QED) is 0.115. The molecule has 8 nitrogen and oxygen atoms in total. The van der Waals surface area contributed by atoms with Crippen molar-refractivity contribution in [2.75, 3.05) is 81.0 Å². The topological polar surface area (TPSA) is 49.9 Å². The van der Waals surface area contributed by atoms with Gasteiger partial charge in [0.05, 0.1) is 69.4 Å². The fourth-order valence-corrected chi connectivity index (χ4v) is 18.1. The van der Waals surface area contributed by atoms with Crippen LogP contribution in [0.15, 0.2) is 24.3 Å². The van der Waals surface area contributed by atoms with E-state index in [1.54, 1.807) is 14.2 Å². The molecule has 5 fully saturated rings. The predicted molar refractivity (Wildman–Crippen MR) is 207 cm³/mol. The number of methoxy groups -OCH3 is 4. The molecule has 0 aromatic heterocycles.